The van der Waals surface area contributed by atoms with Crippen molar-refractivity contribution in [3.05, 3.63) is 0 Å². The van der Waals surface area contributed by atoms with E-state index < -0.39 is 0 Å². The van der Waals surface area contributed by atoms with Crippen molar-refractivity contribution in [3.8, 4) is 0 Å². The predicted molar refractivity (Wildman–Crippen MR) is 44.3 cm³/mol. The minimum Gasteiger partial charge on any atom is -0.469 e. The van der Waals surface area contributed by atoms with E-state index in [1.165, 1.54) is 7.11 Å². The molecular formula is C8H17NO2. The number of ether oxygens (including phenoxy) is 1. The molecule has 2 unspecified atom stereocenters. The van der Waals surface area contributed by atoms with Crippen molar-refractivity contribution in [2.24, 2.45) is 5.92 Å². The normalized spacial score (nSPS) is 15.6. The summed E-state index contributed by atoms with van der Waals surface area (Å²) in [6.07, 6.45) is 0.823. The smallest absolute Gasteiger partial charge is 0.308 e. The fraction of sp³-hybridized carbons (Fsp3) is 0.875. The lowest BCUT2D eigenvalue weighted by molar-refractivity contribution is -0.145. The highest BCUT2D eigenvalue weighted by Crippen LogP contribution is 2.06. The van der Waals surface area contributed by atoms with Gasteiger partial charge in [-0.2, -0.15) is 0 Å². The Morgan fingerprint density at radius 3 is 2.45 bits per heavy atom. The third-order valence-electron chi connectivity index (χ3n) is 1.80. The van der Waals surface area contributed by atoms with Crippen LogP contribution in [0.1, 0.15) is 20.3 Å². The first-order valence-corrected chi connectivity index (χ1v) is 3.87. The van der Waals surface area contributed by atoms with Gasteiger partial charge in [0.05, 0.1) is 13.0 Å². The molecule has 0 aromatic rings. The van der Waals surface area contributed by atoms with Crippen molar-refractivity contribution >= 4 is 5.97 Å². The van der Waals surface area contributed by atoms with Crippen LogP contribution in [0.2, 0.25) is 0 Å². The Labute approximate surface area is 68.1 Å². The Bertz CT molecular complexity index is 125. The standard InChI is InChI=1S/C8H17NO2/c1-6(8(10)11-4)5-7(2)9-3/h6-7,9H,5H2,1-4H3. The molecule has 0 radical (unpaired) electrons. The molecule has 0 bridgehead atoms. The van der Waals surface area contributed by atoms with E-state index >= 15 is 0 Å². The molecule has 11 heavy (non-hydrogen) atoms. The first-order valence-electron chi connectivity index (χ1n) is 3.87. The van der Waals surface area contributed by atoms with Crippen molar-refractivity contribution in [1.29, 1.82) is 0 Å². The van der Waals surface area contributed by atoms with Crippen LogP contribution in [0.25, 0.3) is 0 Å². The molecule has 0 aromatic carbocycles. The summed E-state index contributed by atoms with van der Waals surface area (Å²) < 4.78 is 4.59. The van der Waals surface area contributed by atoms with Crippen LogP contribution in [-0.4, -0.2) is 26.2 Å². The van der Waals surface area contributed by atoms with Crippen LogP contribution in [0.3, 0.4) is 0 Å². The molecule has 0 aliphatic heterocycles. The summed E-state index contributed by atoms with van der Waals surface area (Å²) >= 11 is 0. The zero-order valence-corrected chi connectivity index (χ0v) is 7.68. The fourth-order valence-corrected chi connectivity index (χ4v) is 0.946. The molecule has 0 fully saturated rings. The predicted octanol–water partition coefficient (Wildman–Crippen LogP) is 0.793. The third-order valence-corrected chi connectivity index (χ3v) is 1.80. The zero-order chi connectivity index (χ0) is 8.85. The summed E-state index contributed by atoms with van der Waals surface area (Å²) in [5.41, 5.74) is 0. The second-order valence-corrected chi connectivity index (χ2v) is 2.85. The second-order valence-electron chi connectivity index (χ2n) is 2.85. The van der Waals surface area contributed by atoms with E-state index in [1.807, 2.05) is 20.9 Å². The van der Waals surface area contributed by atoms with Gasteiger partial charge in [-0.05, 0) is 20.4 Å². The Morgan fingerprint density at radius 2 is 2.09 bits per heavy atom. The SMILES string of the molecule is CNC(C)CC(C)C(=O)OC. The van der Waals surface area contributed by atoms with Crippen molar-refractivity contribution in [3.63, 3.8) is 0 Å². The molecule has 0 aliphatic rings. The Kier molecular flexibility index (Phi) is 4.86. The van der Waals surface area contributed by atoms with Gasteiger partial charge in [0.25, 0.3) is 0 Å². The van der Waals surface area contributed by atoms with E-state index in [-0.39, 0.29) is 11.9 Å². The molecular weight excluding hydrogens is 142 g/mol. The zero-order valence-electron chi connectivity index (χ0n) is 7.68. The van der Waals surface area contributed by atoms with Crippen LogP contribution in [0.15, 0.2) is 0 Å². The van der Waals surface area contributed by atoms with Crippen molar-refractivity contribution < 1.29 is 9.53 Å². The van der Waals surface area contributed by atoms with Crippen molar-refractivity contribution in [1.82, 2.24) is 5.32 Å². The van der Waals surface area contributed by atoms with E-state index in [2.05, 4.69) is 10.1 Å². The second kappa shape index (κ2) is 5.13. The summed E-state index contributed by atoms with van der Waals surface area (Å²) in [4.78, 5) is 10.9. The summed E-state index contributed by atoms with van der Waals surface area (Å²) in [6.45, 7) is 3.92. The van der Waals surface area contributed by atoms with E-state index in [9.17, 15) is 4.79 Å². The average molecular weight is 159 g/mol. The van der Waals surface area contributed by atoms with Crippen LogP contribution in [0.5, 0.6) is 0 Å². The van der Waals surface area contributed by atoms with Crippen LogP contribution < -0.4 is 5.32 Å². The molecule has 0 saturated carbocycles. The summed E-state index contributed by atoms with van der Waals surface area (Å²) in [6, 6.07) is 0.365. The van der Waals surface area contributed by atoms with Gasteiger partial charge in [-0.25, -0.2) is 0 Å². The van der Waals surface area contributed by atoms with Gasteiger partial charge < -0.3 is 10.1 Å². The van der Waals surface area contributed by atoms with Crippen LogP contribution in [-0.2, 0) is 9.53 Å². The van der Waals surface area contributed by atoms with Gasteiger partial charge in [0.2, 0.25) is 0 Å². The lowest BCUT2D eigenvalue weighted by Crippen LogP contribution is -2.26. The highest BCUT2D eigenvalue weighted by molar-refractivity contribution is 5.71. The number of rotatable bonds is 4. The number of methoxy groups -OCH3 is 1. The maximum atomic E-state index is 10.9. The van der Waals surface area contributed by atoms with E-state index in [4.69, 9.17) is 0 Å². The number of carbonyl (C=O) groups is 1. The Morgan fingerprint density at radius 1 is 1.55 bits per heavy atom. The van der Waals surface area contributed by atoms with Gasteiger partial charge in [-0.1, -0.05) is 6.92 Å². The van der Waals surface area contributed by atoms with Gasteiger partial charge in [-0.15, -0.1) is 0 Å². The minimum atomic E-state index is -0.132. The van der Waals surface area contributed by atoms with Gasteiger partial charge in [-0.3, -0.25) is 4.79 Å². The van der Waals surface area contributed by atoms with Crippen LogP contribution in [0, 0.1) is 5.92 Å². The summed E-state index contributed by atoms with van der Waals surface area (Å²) in [5, 5.41) is 3.07. The van der Waals surface area contributed by atoms with E-state index in [0.717, 1.165) is 6.42 Å². The lowest BCUT2D eigenvalue weighted by atomic mass is 10.0. The molecule has 3 heteroatoms. The minimum absolute atomic E-state index is 0.0116. The highest BCUT2D eigenvalue weighted by Gasteiger charge is 2.15. The number of hydrogen-bond acceptors (Lipinski definition) is 3. The van der Waals surface area contributed by atoms with E-state index in [0.29, 0.717) is 6.04 Å². The largest absolute Gasteiger partial charge is 0.469 e. The molecule has 66 valence electrons. The molecule has 0 spiro atoms. The van der Waals surface area contributed by atoms with Gasteiger partial charge in [0.15, 0.2) is 0 Å². The average Bonchev–Trinajstić information content (AvgIpc) is 2.02. The summed E-state index contributed by atoms with van der Waals surface area (Å²) in [5.74, 6) is -0.144. The number of hydrogen-bond donors (Lipinski definition) is 1. The molecule has 0 aromatic heterocycles. The van der Waals surface area contributed by atoms with E-state index in [1.54, 1.807) is 0 Å². The molecule has 0 aliphatic carbocycles. The quantitative estimate of drug-likeness (QED) is 0.616. The first kappa shape index (κ1) is 10.4. The topological polar surface area (TPSA) is 38.3 Å². The molecule has 3 nitrogen and oxygen atoms in total. The van der Waals surface area contributed by atoms with Crippen LogP contribution >= 0.6 is 0 Å². The van der Waals surface area contributed by atoms with Crippen molar-refractivity contribution in [2.45, 2.75) is 26.3 Å². The lowest BCUT2D eigenvalue weighted by Gasteiger charge is -2.14. The van der Waals surface area contributed by atoms with Crippen molar-refractivity contribution in [2.75, 3.05) is 14.2 Å². The maximum absolute atomic E-state index is 10.9. The third kappa shape index (κ3) is 3.98. The molecule has 0 rings (SSSR count). The van der Waals surface area contributed by atoms with Crippen LogP contribution in [0.4, 0.5) is 0 Å². The number of esters is 1. The number of carbonyl (C=O) groups excluding carboxylic acids is 1. The van der Waals surface area contributed by atoms with Gasteiger partial charge >= 0.3 is 5.97 Å². The highest BCUT2D eigenvalue weighted by atomic mass is 16.5. The Hall–Kier alpha value is -0.570. The molecule has 0 saturated heterocycles. The number of nitrogens with one attached hydrogen (secondary N) is 1. The Balaban J connectivity index is 3.67. The monoisotopic (exact) mass is 159 g/mol. The first-order chi connectivity index (χ1) is 5.11. The molecule has 0 heterocycles. The molecule has 0 amide bonds. The van der Waals surface area contributed by atoms with Gasteiger partial charge in [0, 0.05) is 6.04 Å². The fourth-order valence-electron chi connectivity index (χ4n) is 0.946. The maximum Gasteiger partial charge on any atom is 0.308 e. The molecule has 1 N–H and O–H groups in total. The summed E-state index contributed by atoms with van der Waals surface area (Å²) in [7, 11) is 3.30. The van der Waals surface area contributed by atoms with Gasteiger partial charge in [0.1, 0.15) is 0 Å². The molecule has 2 atom stereocenters.